The van der Waals surface area contributed by atoms with Gasteiger partial charge in [-0.15, -0.1) is 0 Å². The summed E-state index contributed by atoms with van der Waals surface area (Å²) in [5, 5.41) is 27.1. The minimum Gasteiger partial charge on any atom is -0.665 e. The minimum atomic E-state index is 0. The first-order chi connectivity index (χ1) is 12.1. The normalized spacial score (nSPS) is 6.00. The molecule has 11 nitrogen and oxygen atoms in total. The molecule has 0 fully saturated rings. The van der Waals surface area contributed by atoms with E-state index in [-0.39, 0.29) is 44.0 Å². The molecule has 0 bridgehead atoms. The monoisotopic (exact) mass is 513 g/mol. The number of H-pyrrole nitrogens is 1. The van der Waals surface area contributed by atoms with Crippen LogP contribution in [0.5, 0.6) is 0 Å². The molecule has 0 aliphatic carbocycles. The molecule has 2 aromatic rings. The summed E-state index contributed by atoms with van der Waals surface area (Å²) in [5.41, 5.74) is 0.0405. The first-order valence-corrected chi connectivity index (χ1v) is 5.59. The molecule has 0 saturated heterocycles. The van der Waals surface area contributed by atoms with Crippen molar-refractivity contribution in [3.05, 3.63) is 65.3 Å². The van der Waals surface area contributed by atoms with Gasteiger partial charge in [-0.1, -0.05) is 32.0 Å². The Kier molecular flexibility index (Phi) is 57.5. The Morgan fingerprint density at radius 3 is 1.15 bits per heavy atom. The molecule has 0 aliphatic rings. The van der Waals surface area contributed by atoms with Crippen LogP contribution in [0.2, 0.25) is 0 Å². The minimum absolute atomic E-state index is 0. The van der Waals surface area contributed by atoms with E-state index in [4.69, 9.17) is 39.6 Å². The van der Waals surface area contributed by atoms with Crippen molar-refractivity contribution in [2.45, 2.75) is 0 Å². The molecule has 0 amide bonds. The number of aromatic amines is 1. The topological polar surface area (TPSA) is 195 Å². The van der Waals surface area contributed by atoms with Gasteiger partial charge in [0.15, 0.2) is 5.43 Å². The molecule has 0 spiro atoms. The van der Waals surface area contributed by atoms with E-state index in [1.165, 1.54) is 12.1 Å². The SMILES string of the molecule is O=[C-]O.O=[C-]O.O=[C-]O.O=[C-]O.O=c1cc[nH]cc1.[Tb+4].c1ccncc1. The third kappa shape index (κ3) is 68.8. The van der Waals surface area contributed by atoms with Gasteiger partial charge >= 0.3 is 38.6 Å². The molecule has 0 aromatic carbocycles. The van der Waals surface area contributed by atoms with Crippen LogP contribution in [0.15, 0.2) is 59.9 Å². The number of hydrogen-bond acceptors (Lipinski definition) is 6. The maximum atomic E-state index is 10.2. The van der Waals surface area contributed by atoms with Gasteiger partial charge in [0, 0.05) is 36.9 Å². The third-order valence-electron chi connectivity index (χ3n) is 1.25. The Labute approximate surface area is 178 Å². The molecule has 143 valence electrons. The predicted octanol–water partition coefficient (Wildman–Crippen LogP) is -0.0971. The van der Waals surface area contributed by atoms with E-state index in [2.05, 4.69) is 9.97 Å². The smallest absolute Gasteiger partial charge is 0.665 e. The molecular formula is C14H14N2O9Tb. The van der Waals surface area contributed by atoms with Crippen molar-refractivity contribution in [1.29, 1.82) is 0 Å². The van der Waals surface area contributed by atoms with Gasteiger partial charge in [0.25, 0.3) is 0 Å². The van der Waals surface area contributed by atoms with Crippen LogP contribution in [-0.4, -0.2) is 56.3 Å². The van der Waals surface area contributed by atoms with Crippen LogP contribution in [-0.2, 0) is 19.2 Å². The van der Waals surface area contributed by atoms with Crippen molar-refractivity contribution < 1.29 is 78.2 Å². The first-order valence-electron chi connectivity index (χ1n) is 5.59. The summed E-state index contributed by atoms with van der Waals surface area (Å²) in [7, 11) is 0. The molecule has 5 N–H and O–H groups in total. The number of aromatic nitrogens is 2. The Balaban J connectivity index is -0.0000000711. The summed E-state index contributed by atoms with van der Waals surface area (Å²) < 4.78 is 0. The van der Waals surface area contributed by atoms with E-state index >= 15 is 0 Å². The van der Waals surface area contributed by atoms with E-state index in [1.807, 2.05) is 18.2 Å². The zero-order valence-corrected chi connectivity index (χ0v) is 14.9. The number of nitrogens with zero attached hydrogens (tertiary/aromatic N) is 1. The Bertz CT molecular complexity index is 485. The van der Waals surface area contributed by atoms with Gasteiger partial charge in [0.05, 0.1) is 0 Å². The molecule has 2 rings (SSSR count). The number of rotatable bonds is 0. The summed E-state index contributed by atoms with van der Waals surface area (Å²) in [5.74, 6) is 0. The summed E-state index contributed by atoms with van der Waals surface area (Å²) in [6.45, 7) is 2.00. The van der Waals surface area contributed by atoms with E-state index in [0.29, 0.717) is 25.9 Å². The van der Waals surface area contributed by atoms with E-state index in [1.54, 1.807) is 24.8 Å². The molecule has 2 heterocycles. The number of aliphatic hydroxyl groups excluding tert-OH is 4. The number of nitrogens with one attached hydrogen (secondary N) is 1. The van der Waals surface area contributed by atoms with Crippen LogP contribution in [0.1, 0.15) is 0 Å². The van der Waals surface area contributed by atoms with Gasteiger partial charge in [-0.2, -0.15) is 0 Å². The summed E-state index contributed by atoms with van der Waals surface area (Å²) in [6.07, 6.45) is 6.70. The van der Waals surface area contributed by atoms with E-state index in [0.717, 1.165) is 0 Å². The fourth-order valence-electron chi connectivity index (χ4n) is 0.684. The van der Waals surface area contributed by atoms with Crippen LogP contribution in [0, 0.1) is 38.6 Å². The number of pyridine rings is 2. The molecular weight excluding hydrogens is 499 g/mol. The maximum Gasteiger partial charge on any atom is 4.00 e. The maximum absolute atomic E-state index is 10.2. The van der Waals surface area contributed by atoms with Crippen LogP contribution in [0.4, 0.5) is 0 Å². The van der Waals surface area contributed by atoms with Crippen LogP contribution >= 0.6 is 0 Å². The van der Waals surface area contributed by atoms with Crippen molar-refractivity contribution in [2.75, 3.05) is 0 Å². The second kappa shape index (κ2) is 43.2. The quantitative estimate of drug-likeness (QED) is 0.297. The van der Waals surface area contributed by atoms with Crippen LogP contribution < -0.4 is 5.43 Å². The average Bonchev–Trinajstić information content (AvgIpc) is 2.61. The molecule has 0 saturated carbocycles. The van der Waals surface area contributed by atoms with Crippen molar-refractivity contribution in [1.82, 2.24) is 9.97 Å². The van der Waals surface area contributed by atoms with E-state index < -0.39 is 0 Å². The van der Waals surface area contributed by atoms with Gasteiger partial charge in [-0.05, 0) is 12.1 Å². The zero-order chi connectivity index (χ0) is 20.2. The fraction of sp³-hybridized carbons (Fsp3) is 0. The average molecular weight is 513 g/mol. The molecule has 12 heteroatoms. The number of hydrogen-bond donors (Lipinski definition) is 5. The summed E-state index contributed by atoms with van der Waals surface area (Å²) in [6, 6.07) is 8.66. The Morgan fingerprint density at radius 1 is 0.731 bits per heavy atom. The first kappa shape index (κ1) is 34.6. The van der Waals surface area contributed by atoms with Crippen LogP contribution in [0.3, 0.4) is 0 Å². The van der Waals surface area contributed by atoms with E-state index in [9.17, 15) is 4.79 Å². The second-order valence-electron chi connectivity index (χ2n) is 2.63. The fourth-order valence-corrected chi connectivity index (χ4v) is 0.684. The third-order valence-corrected chi connectivity index (χ3v) is 1.25. The summed E-state index contributed by atoms with van der Waals surface area (Å²) in [4.78, 5) is 49.7. The Hall–Kier alpha value is -2.73. The van der Waals surface area contributed by atoms with Gasteiger partial charge in [0.1, 0.15) is 0 Å². The van der Waals surface area contributed by atoms with Crippen molar-refractivity contribution >= 4 is 25.9 Å². The van der Waals surface area contributed by atoms with Crippen LogP contribution in [0.25, 0.3) is 0 Å². The van der Waals surface area contributed by atoms with Crippen molar-refractivity contribution in [3.8, 4) is 0 Å². The standard InChI is InChI=1S/C5H5NO.C5H5N.4CHO2.Tb/c7-5-1-3-6-4-2-5;1-2-4-6-5-3-1;4*2-1-3;/h1-4H,(H,6,7);1-5H;4*(H,2,3);/q;;4*-1;+4. The molecule has 1 radical (unpaired) electrons. The van der Waals surface area contributed by atoms with Gasteiger partial charge < -0.3 is 44.6 Å². The summed E-state index contributed by atoms with van der Waals surface area (Å²) >= 11 is 0. The van der Waals surface area contributed by atoms with Gasteiger partial charge in [-0.3, -0.25) is 9.78 Å². The second-order valence-corrected chi connectivity index (χ2v) is 2.63. The van der Waals surface area contributed by atoms with Crippen molar-refractivity contribution in [3.63, 3.8) is 0 Å². The van der Waals surface area contributed by atoms with Crippen molar-refractivity contribution in [2.24, 2.45) is 0 Å². The molecule has 0 atom stereocenters. The predicted molar refractivity (Wildman–Crippen MR) is 84.6 cm³/mol. The largest absolute Gasteiger partial charge is 4.00 e. The molecule has 2 aromatic heterocycles. The zero-order valence-electron chi connectivity index (χ0n) is 12.8. The molecule has 0 unspecified atom stereocenters. The van der Waals surface area contributed by atoms with Gasteiger partial charge in [0.2, 0.25) is 0 Å². The molecule has 0 aliphatic heterocycles. The van der Waals surface area contributed by atoms with Gasteiger partial charge in [-0.25, -0.2) is 0 Å². The Morgan fingerprint density at radius 2 is 1.04 bits per heavy atom. The molecule has 26 heavy (non-hydrogen) atoms.